The van der Waals surface area contributed by atoms with Gasteiger partial charge in [-0.25, -0.2) is 9.78 Å². The Bertz CT molecular complexity index is 1000. The molecule has 0 bridgehead atoms. The maximum Gasteiger partial charge on any atom is 0.339 e. The molecule has 3 aromatic rings. The van der Waals surface area contributed by atoms with Crippen molar-refractivity contribution in [3.63, 3.8) is 0 Å². The molecule has 148 valence electrons. The van der Waals surface area contributed by atoms with E-state index < -0.39 is 11.9 Å². The van der Waals surface area contributed by atoms with Crippen molar-refractivity contribution in [2.45, 2.75) is 20.4 Å². The predicted molar refractivity (Wildman–Crippen MR) is 106 cm³/mol. The predicted octanol–water partition coefficient (Wildman–Crippen LogP) is 2.06. The number of aromatic nitrogens is 4. The lowest BCUT2D eigenvalue weighted by Gasteiger charge is -2.19. The number of aryl methyl sites for hydroxylation is 1. The van der Waals surface area contributed by atoms with Crippen molar-refractivity contribution < 1.29 is 14.7 Å². The van der Waals surface area contributed by atoms with E-state index in [4.69, 9.17) is 0 Å². The van der Waals surface area contributed by atoms with Crippen LogP contribution >= 0.6 is 0 Å². The molecule has 1 amide bonds. The molecular weight excluding hydrogens is 360 g/mol. The van der Waals surface area contributed by atoms with Crippen molar-refractivity contribution in [2.75, 3.05) is 25.0 Å². The lowest BCUT2D eigenvalue weighted by Crippen LogP contribution is -2.28. The number of carboxylic acid groups (broad SMARTS) is 1. The van der Waals surface area contributed by atoms with Crippen LogP contribution in [0, 0.1) is 0 Å². The van der Waals surface area contributed by atoms with Gasteiger partial charge in [0.15, 0.2) is 0 Å². The molecule has 0 atom stereocenters. The zero-order valence-corrected chi connectivity index (χ0v) is 16.2. The molecule has 0 spiro atoms. The Morgan fingerprint density at radius 1 is 1.21 bits per heavy atom. The SMILES string of the molecule is CCN(CC)CCn1c(NC(=O)c2c(C(=O)O)cnn2C)nc2ccccc21. The standard InChI is InChI=1S/C19H24N6O3/c1-4-24(5-2)10-11-25-15-9-7-6-8-14(15)21-19(25)22-17(26)16-13(18(27)28)12-20-23(16)3/h6-9,12H,4-5,10-11H2,1-3H3,(H,27,28)(H,21,22,26). The van der Waals surface area contributed by atoms with Crippen LogP contribution in [0.25, 0.3) is 11.0 Å². The Kier molecular flexibility index (Phi) is 5.74. The number of aromatic carboxylic acids is 1. The second kappa shape index (κ2) is 8.22. The fourth-order valence-electron chi connectivity index (χ4n) is 3.20. The molecular formula is C19H24N6O3. The zero-order chi connectivity index (χ0) is 20.3. The van der Waals surface area contributed by atoms with Gasteiger partial charge in [0.05, 0.1) is 17.2 Å². The van der Waals surface area contributed by atoms with E-state index in [0.29, 0.717) is 12.5 Å². The topological polar surface area (TPSA) is 105 Å². The smallest absolute Gasteiger partial charge is 0.339 e. The number of hydrogen-bond acceptors (Lipinski definition) is 5. The molecule has 9 nitrogen and oxygen atoms in total. The van der Waals surface area contributed by atoms with E-state index >= 15 is 0 Å². The van der Waals surface area contributed by atoms with E-state index in [-0.39, 0.29) is 11.3 Å². The summed E-state index contributed by atoms with van der Waals surface area (Å²) >= 11 is 0. The summed E-state index contributed by atoms with van der Waals surface area (Å²) in [6, 6.07) is 7.64. The van der Waals surface area contributed by atoms with E-state index in [1.165, 1.54) is 17.9 Å². The van der Waals surface area contributed by atoms with Crippen LogP contribution in [0.2, 0.25) is 0 Å². The minimum atomic E-state index is -1.20. The highest BCUT2D eigenvalue weighted by Gasteiger charge is 2.23. The van der Waals surface area contributed by atoms with Gasteiger partial charge in [0.2, 0.25) is 5.95 Å². The summed E-state index contributed by atoms with van der Waals surface area (Å²) in [5.74, 6) is -1.37. The quantitative estimate of drug-likeness (QED) is 0.616. The number of rotatable bonds is 8. The number of amides is 1. The molecule has 0 saturated carbocycles. The molecule has 0 aliphatic heterocycles. The van der Waals surface area contributed by atoms with E-state index in [2.05, 4.69) is 34.1 Å². The van der Waals surface area contributed by atoms with Crippen molar-refractivity contribution in [1.82, 2.24) is 24.2 Å². The Balaban J connectivity index is 1.94. The average Bonchev–Trinajstić information content (AvgIpc) is 3.23. The van der Waals surface area contributed by atoms with Crippen LogP contribution in [0.15, 0.2) is 30.5 Å². The molecule has 0 fully saturated rings. The van der Waals surface area contributed by atoms with E-state index in [9.17, 15) is 14.7 Å². The first-order valence-electron chi connectivity index (χ1n) is 9.20. The number of likely N-dealkylation sites (N-methyl/N-ethyl adjacent to an activating group) is 1. The fraction of sp³-hybridized carbons (Fsp3) is 0.368. The van der Waals surface area contributed by atoms with Gasteiger partial charge >= 0.3 is 5.97 Å². The number of para-hydroxylation sites is 2. The Hall–Kier alpha value is -3.20. The number of nitrogens with one attached hydrogen (secondary N) is 1. The van der Waals surface area contributed by atoms with Gasteiger partial charge in [0, 0.05) is 20.1 Å². The number of hydrogen-bond donors (Lipinski definition) is 2. The summed E-state index contributed by atoms with van der Waals surface area (Å²) in [6.07, 6.45) is 1.17. The van der Waals surface area contributed by atoms with Crippen LogP contribution in [-0.4, -0.2) is 60.8 Å². The van der Waals surface area contributed by atoms with Crippen LogP contribution < -0.4 is 5.32 Å². The largest absolute Gasteiger partial charge is 0.478 e. The number of carboxylic acids is 1. The number of carbonyl (C=O) groups is 2. The normalized spacial score (nSPS) is 11.3. The highest BCUT2D eigenvalue weighted by atomic mass is 16.4. The third-order valence-electron chi connectivity index (χ3n) is 4.80. The van der Waals surface area contributed by atoms with Gasteiger partial charge in [-0.2, -0.15) is 5.10 Å². The lowest BCUT2D eigenvalue weighted by molar-refractivity contribution is 0.0692. The average molecular weight is 384 g/mol. The fourth-order valence-corrected chi connectivity index (χ4v) is 3.20. The maximum atomic E-state index is 12.8. The van der Waals surface area contributed by atoms with Gasteiger partial charge in [-0.1, -0.05) is 26.0 Å². The number of carbonyl (C=O) groups excluding carboxylic acids is 1. The number of nitrogens with zero attached hydrogens (tertiary/aromatic N) is 5. The van der Waals surface area contributed by atoms with Crippen LogP contribution in [-0.2, 0) is 13.6 Å². The van der Waals surface area contributed by atoms with Crippen molar-refractivity contribution in [2.24, 2.45) is 7.05 Å². The number of fused-ring (bicyclic) bond motifs is 1. The first-order valence-corrected chi connectivity index (χ1v) is 9.20. The summed E-state index contributed by atoms with van der Waals surface area (Å²) in [6.45, 7) is 7.53. The van der Waals surface area contributed by atoms with Gasteiger partial charge in [-0.15, -0.1) is 0 Å². The molecule has 0 unspecified atom stereocenters. The van der Waals surface area contributed by atoms with Gasteiger partial charge < -0.3 is 14.6 Å². The molecule has 2 N–H and O–H groups in total. The second-order valence-electron chi connectivity index (χ2n) is 6.39. The van der Waals surface area contributed by atoms with Gasteiger partial charge in [0.25, 0.3) is 5.91 Å². The minimum absolute atomic E-state index is 0.0187. The minimum Gasteiger partial charge on any atom is -0.478 e. The van der Waals surface area contributed by atoms with E-state index in [0.717, 1.165) is 30.7 Å². The Labute approximate surface area is 162 Å². The van der Waals surface area contributed by atoms with Gasteiger partial charge in [-0.05, 0) is 25.2 Å². The lowest BCUT2D eigenvalue weighted by atomic mass is 10.2. The molecule has 3 rings (SSSR count). The van der Waals surface area contributed by atoms with E-state index in [1.54, 1.807) is 0 Å². The van der Waals surface area contributed by atoms with Gasteiger partial charge in [0.1, 0.15) is 11.3 Å². The monoisotopic (exact) mass is 384 g/mol. The van der Waals surface area contributed by atoms with Gasteiger partial charge in [-0.3, -0.25) is 14.8 Å². The number of benzene rings is 1. The molecule has 0 aliphatic carbocycles. The second-order valence-corrected chi connectivity index (χ2v) is 6.39. The summed E-state index contributed by atoms with van der Waals surface area (Å²) in [5, 5.41) is 16.0. The third kappa shape index (κ3) is 3.74. The summed E-state index contributed by atoms with van der Waals surface area (Å²) in [5.41, 5.74) is 1.51. The van der Waals surface area contributed by atoms with Crippen LogP contribution in [0.4, 0.5) is 5.95 Å². The van der Waals surface area contributed by atoms with Crippen LogP contribution in [0.5, 0.6) is 0 Å². The maximum absolute atomic E-state index is 12.8. The van der Waals surface area contributed by atoms with E-state index in [1.807, 2.05) is 28.8 Å². The molecule has 28 heavy (non-hydrogen) atoms. The first-order chi connectivity index (χ1) is 13.5. The van der Waals surface area contributed by atoms with Crippen LogP contribution in [0.3, 0.4) is 0 Å². The van der Waals surface area contributed by atoms with Crippen LogP contribution in [0.1, 0.15) is 34.7 Å². The highest BCUT2D eigenvalue weighted by molar-refractivity contribution is 6.09. The summed E-state index contributed by atoms with van der Waals surface area (Å²) in [4.78, 5) is 31.0. The molecule has 2 heterocycles. The Morgan fingerprint density at radius 3 is 2.61 bits per heavy atom. The Morgan fingerprint density at radius 2 is 1.93 bits per heavy atom. The first kappa shape index (κ1) is 19.6. The molecule has 0 saturated heterocycles. The molecule has 1 aromatic carbocycles. The molecule has 0 aliphatic rings. The van der Waals surface area contributed by atoms with Crippen molar-refractivity contribution in [3.8, 4) is 0 Å². The summed E-state index contributed by atoms with van der Waals surface area (Å²) < 4.78 is 3.20. The third-order valence-corrected chi connectivity index (χ3v) is 4.80. The molecule has 2 aromatic heterocycles. The summed E-state index contributed by atoms with van der Waals surface area (Å²) in [7, 11) is 1.53. The van der Waals surface area contributed by atoms with Crippen molar-refractivity contribution >= 4 is 28.9 Å². The highest BCUT2D eigenvalue weighted by Crippen LogP contribution is 2.21. The zero-order valence-electron chi connectivity index (χ0n) is 16.2. The number of anilines is 1. The van der Waals surface area contributed by atoms with Crippen molar-refractivity contribution in [3.05, 3.63) is 41.7 Å². The molecule has 0 radical (unpaired) electrons. The number of imidazole rings is 1. The molecule has 9 heteroatoms. The van der Waals surface area contributed by atoms with Crippen molar-refractivity contribution in [1.29, 1.82) is 0 Å².